The number of carbonyl (C=O) groups is 1. The number of rotatable bonds is 5. The monoisotopic (exact) mass is 566 g/mol. The van der Waals surface area contributed by atoms with Crippen LogP contribution in [0.15, 0.2) is 89.4 Å². The van der Waals surface area contributed by atoms with Gasteiger partial charge < -0.3 is 9.80 Å². The Morgan fingerprint density at radius 1 is 0.842 bits per heavy atom. The summed E-state index contributed by atoms with van der Waals surface area (Å²) in [5.41, 5.74) is 4.50. The van der Waals surface area contributed by atoms with Crippen molar-refractivity contribution in [2.75, 3.05) is 31.1 Å². The molecule has 38 heavy (non-hydrogen) atoms. The second kappa shape index (κ2) is 10.4. The second-order valence-electron chi connectivity index (χ2n) is 9.42. The van der Waals surface area contributed by atoms with E-state index in [1.807, 2.05) is 89.3 Å². The van der Waals surface area contributed by atoms with Crippen molar-refractivity contribution in [3.05, 3.63) is 112 Å². The summed E-state index contributed by atoms with van der Waals surface area (Å²) in [5, 5.41) is 5.83. The normalized spacial score (nSPS) is 13.7. The highest BCUT2D eigenvalue weighted by Gasteiger charge is 2.27. The Kier molecular flexibility index (Phi) is 6.64. The predicted octanol–water partition coefficient (Wildman–Crippen LogP) is 5.44. The van der Waals surface area contributed by atoms with Crippen LogP contribution in [-0.4, -0.2) is 56.7 Å². The Balaban J connectivity index is 1.36. The first-order valence-corrected chi connectivity index (χ1v) is 13.5. The molecule has 0 bridgehead atoms. The van der Waals surface area contributed by atoms with Gasteiger partial charge in [0.2, 0.25) is 0 Å². The van der Waals surface area contributed by atoms with Crippen molar-refractivity contribution in [3.63, 3.8) is 0 Å². The Morgan fingerprint density at radius 3 is 2.21 bits per heavy atom. The van der Waals surface area contributed by atoms with Gasteiger partial charge in [0.05, 0.1) is 22.3 Å². The fourth-order valence-electron chi connectivity index (χ4n) is 4.97. The number of hydrogen-bond acceptors (Lipinski definition) is 5. The number of benzene rings is 3. The minimum atomic E-state index is 0.0443. The van der Waals surface area contributed by atoms with Crippen molar-refractivity contribution in [2.45, 2.75) is 13.3 Å². The summed E-state index contributed by atoms with van der Waals surface area (Å²) in [5.74, 6) is 1.68. The smallest absolute Gasteiger partial charge is 0.255 e. The lowest BCUT2D eigenvalue weighted by Crippen LogP contribution is -2.49. The van der Waals surface area contributed by atoms with Crippen LogP contribution in [0.5, 0.6) is 0 Å². The van der Waals surface area contributed by atoms with E-state index in [1.54, 1.807) is 0 Å². The van der Waals surface area contributed by atoms with E-state index in [-0.39, 0.29) is 5.91 Å². The minimum Gasteiger partial charge on any atom is -0.352 e. The molecule has 1 fully saturated rings. The molecule has 6 rings (SSSR count). The molecule has 0 saturated carbocycles. The lowest BCUT2D eigenvalue weighted by molar-refractivity contribution is 0.0745. The molecule has 3 heterocycles. The number of aryl methyl sites for hydroxylation is 1. The van der Waals surface area contributed by atoms with Crippen LogP contribution in [0.2, 0.25) is 0 Å². The summed E-state index contributed by atoms with van der Waals surface area (Å²) in [4.78, 5) is 27.5. The van der Waals surface area contributed by atoms with Crippen LogP contribution in [0.1, 0.15) is 27.4 Å². The van der Waals surface area contributed by atoms with E-state index in [1.165, 1.54) is 0 Å². The maximum atomic E-state index is 13.2. The zero-order valence-electron chi connectivity index (χ0n) is 21.1. The summed E-state index contributed by atoms with van der Waals surface area (Å²) in [6.45, 7) is 4.61. The highest BCUT2D eigenvalue weighted by molar-refractivity contribution is 9.10. The van der Waals surface area contributed by atoms with Crippen molar-refractivity contribution in [1.82, 2.24) is 24.6 Å². The van der Waals surface area contributed by atoms with Gasteiger partial charge in [0.25, 0.3) is 5.91 Å². The van der Waals surface area contributed by atoms with Gasteiger partial charge in [0.1, 0.15) is 11.6 Å². The largest absolute Gasteiger partial charge is 0.352 e. The van der Waals surface area contributed by atoms with E-state index in [0.29, 0.717) is 38.2 Å². The van der Waals surface area contributed by atoms with E-state index in [2.05, 4.69) is 33.0 Å². The number of aromatic nitrogens is 4. The molecular formula is C30H27BrN6O. The lowest BCUT2D eigenvalue weighted by atomic mass is 10.1. The van der Waals surface area contributed by atoms with Gasteiger partial charge in [-0.2, -0.15) is 5.10 Å². The molecule has 3 aromatic carbocycles. The van der Waals surface area contributed by atoms with Gasteiger partial charge in [-0.25, -0.2) is 14.6 Å². The lowest BCUT2D eigenvalue weighted by Gasteiger charge is -2.36. The van der Waals surface area contributed by atoms with Crippen molar-refractivity contribution in [2.24, 2.45) is 0 Å². The van der Waals surface area contributed by atoms with Crippen LogP contribution in [-0.2, 0) is 6.42 Å². The van der Waals surface area contributed by atoms with Crippen LogP contribution >= 0.6 is 15.9 Å². The van der Waals surface area contributed by atoms with Crippen molar-refractivity contribution < 1.29 is 4.79 Å². The third-order valence-electron chi connectivity index (χ3n) is 6.91. The molecule has 1 aliphatic rings. The summed E-state index contributed by atoms with van der Waals surface area (Å²) in [6.07, 6.45) is 0.628. The number of fused-ring (bicyclic) bond motifs is 1. The molecule has 0 radical (unpaired) electrons. The molecule has 7 nitrogen and oxygen atoms in total. The molecular weight excluding hydrogens is 540 g/mol. The maximum absolute atomic E-state index is 13.2. The molecule has 0 N–H and O–H groups in total. The maximum Gasteiger partial charge on any atom is 0.255 e. The molecule has 0 unspecified atom stereocenters. The SMILES string of the molecule is Cc1nn(-c2ccccc2)c2nc(Cc3ccccc3)nc(N3CCN(C(=O)c4ccccc4Br)CC3)c12. The average molecular weight is 567 g/mol. The molecule has 0 aliphatic carbocycles. The zero-order valence-corrected chi connectivity index (χ0v) is 22.7. The first-order chi connectivity index (χ1) is 18.6. The van der Waals surface area contributed by atoms with E-state index in [9.17, 15) is 4.79 Å². The molecule has 1 aliphatic heterocycles. The number of carbonyl (C=O) groups excluding carboxylic acids is 1. The van der Waals surface area contributed by atoms with Crippen LogP contribution in [0.25, 0.3) is 16.7 Å². The Hall–Kier alpha value is -4.04. The van der Waals surface area contributed by atoms with Gasteiger partial charge in [-0.15, -0.1) is 0 Å². The van der Waals surface area contributed by atoms with Crippen molar-refractivity contribution in [1.29, 1.82) is 0 Å². The predicted molar refractivity (Wildman–Crippen MR) is 153 cm³/mol. The summed E-state index contributed by atoms with van der Waals surface area (Å²) in [7, 11) is 0. The van der Waals surface area contributed by atoms with Gasteiger partial charge >= 0.3 is 0 Å². The molecule has 8 heteroatoms. The standard InChI is InChI=1S/C30H27BrN6O/c1-21-27-28(35-16-18-36(19-17-35)30(38)24-14-8-9-15-25(24)31)32-26(20-22-10-4-2-5-11-22)33-29(27)37(34-21)23-12-6-3-7-13-23/h2-15H,16-20H2,1H3. The second-order valence-corrected chi connectivity index (χ2v) is 10.3. The third-order valence-corrected chi connectivity index (χ3v) is 7.60. The molecule has 1 saturated heterocycles. The van der Waals surface area contributed by atoms with E-state index in [0.717, 1.165) is 44.1 Å². The highest BCUT2D eigenvalue weighted by Crippen LogP contribution is 2.30. The number of anilines is 1. The minimum absolute atomic E-state index is 0.0443. The zero-order chi connectivity index (χ0) is 26.1. The first-order valence-electron chi connectivity index (χ1n) is 12.7. The number of nitrogens with zero attached hydrogens (tertiary/aromatic N) is 6. The van der Waals surface area contributed by atoms with Crippen LogP contribution in [0.4, 0.5) is 5.82 Å². The van der Waals surface area contributed by atoms with Crippen LogP contribution in [0.3, 0.4) is 0 Å². The van der Waals surface area contributed by atoms with E-state index in [4.69, 9.17) is 15.1 Å². The van der Waals surface area contributed by atoms with Crippen LogP contribution in [0, 0.1) is 6.92 Å². The van der Waals surface area contributed by atoms with E-state index < -0.39 is 0 Å². The Labute approximate surface area is 229 Å². The molecule has 5 aromatic rings. The average Bonchev–Trinajstić information content (AvgIpc) is 3.30. The highest BCUT2D eigenvalue weighted by atomic mass is 79.9. The number of piperazine rings is 1. The van der Waals surface area contributed by atoms with Gasteiger partial charge in [-0.05, 0) is 52.7 Å². The van der Waals surface area contributed by atoms with Crippen molar-refractivity contribution >= 4 is 38.7 Å². The molecule has 1 amide bonds. The molecule has 2 aromatic heterocycles. The quantitative estimate of drug-likeness (QED) is 0.283. The Bertz CT molecular complexity index is 1590. The summed E-state index contributed by atoms with van der Waals surface area (Å²) >= 11 is 3.52. The fourth-order valence-corrected chi connectivity index (χ4v) is 5.42. The van der Waals surface area contributed by atoms with Gasteiger partial charge in [0, 0.05) is 37.1 Å². The first kappa shape index (κ1) is 24.3. The molecule has 0 atom stereocenters. The number of hydrogen-bond donors (Lipinski definition) is 0. The summed E-state index contributed by atoms with van der Waals surface area (Å²) in [6, 6.07) is 28.0. The van der Waals surface area contributed by atoms with Gasteiger partial charge in [-0.1, -0.05) is 60.7 Å². The number of para-hydroxylation sites is 1. The molecule has 190 valence electrons. The number of amides is 1. The van der Waals surface area contributed by atoms with Crippen LogP contribution < -0.4 is 4.90 Å². The van der Waals surface area contributed by atoms with Gasteiger partial charge in [0.15, 0.2) is 5.65 Å². The van der Waals surface area contributed by atoms with Crippen molar-refractivity contribution in [3.8, 4) is 5.69 Å². The third kappa shape index (κ3) is 4.67. The fraction of sp³-hybridized carbons (Fsp3) is 0.200. The molecule has 0 spiro atoms. The number of halogens is 1. The summed E-state index contributed by atoms with van der Waals surface area (Å²) < 4.78 is 2.73. The Morgan fingerprint density at radius 2 is 1.50 bits per heavy atom. The van der Waals surface area contributed by atoms with Gasteiger partial charge in [-0.3, -0.25) is 4.79 Å². The topological polar surface area (TPSA) is 67.2 Å². The van der Waals surface area contributed by atoms with E-state index >= 15 is 0 Å².